The predicted molar refractivity (Wildman–Crippen MR) is 85.5 cm³/mol. The molecule has 2 N–H and O–H groups in total. The van der Waals surface area contributed by atoms with E-state index in [-0.39, 0.29) is 30.8 Å². The molecule has 0 saturated carbocycles. The zero-order chi connectivity index (χ0) is 16.8. The number of ether oxygens (including phenoxy) is 2. The fraction of sp³-hybridized carbons (Fsp3) is 0.529. The van der Waals surface area contributed by atoms with Crippen molar-refractivity contribution in [2.45, 2.75) is 52.2 Å². The minimum atomic E-state index is -0.630. The van der Waals surface area contributed by atoms with Crippen LogP contribution in [0.2, 0.25) is 0 Å². The van der Waals surface area contributed by atoms with Gasteiger partial charge in [0.25, 0.3) is 0 Å². The molecule has 126 valence electrons. The number of nitrogens with one attached hydrogen (secondary N) is 2. The van der Waals surface area contributed by atoms with Crippen LogP contribution < -0.4 is 10.6 Å². The number of hydrogen-bond acceptors (Lipinski definition) is 4. The molecule has 1 aromatic carbocycles. The predicted octanol–water partition coefficient (Wildman–Crippen LogP) is 2.19. The number of amides is 2. The van der Waals surface area contributed by atoms with E-state index in [0.717, 1.165) is 5.56 Å². The second-order valence-corrected chi connectivity index (χ2v) is 6.16. The maximum atomic E-state index is 12.2. The van der Waals surface area contributed by atoms with E-state index in [9.17, 15) is 9.59 Å². The van der Waals surface area contributed by atoms with Gasteiger partial charge in [-0.25, -0.2) is 4.79 Å². The van der Waals surface area contributed by atoms with Crippen molar-refractivity contribution in [1.29, 1.82) is 0 Å². The highest BCUT2D eigenvalue weighted by atomic mass is 16.6. The number of benzene rings is 1. The van der Waals surface area contributed by atoms with Crippen molar-refractivity contribution in [3.8, 4) is 0 Å². The maximum absolute atomic E-state index is 12.2. The molecule has 1 aliphatic heterocycles. The largest absolute Gasteiger partial charge is 0.445 e. The lowest BCUT2D eigenvalue weighted by Crippen LogP contribution is -2.48. The van der Waals surface area contributed by atoms with Crippen LogP contribution >= 0.6 is 0 Å². The van der Waals surface area contributed by atoms with Crippen molar-refractivity contribution < 1.29 is 19.1 Å². The molecule has 0 aromatic heterocycles. The molecular formula is C17H24N2O4. The second-order valence-electron chi connectivity index (χ2n) is 6.16. The third kappa shape index (κ3) is 5.90. The molecule has 1 saturated heterocycles. The molecule has 2 amide bonds. The van der Waals surface area contributed by atoms with Crippen LogP contribution in [-0.4, -0.2) is 30.4 Å². The third-order valence-electron chi connectivity index (χ3n) is 3.52. The normalized spacial score (nSPS) is 20.7. The molecule has 1 aromatic rings. The molecule has 23 heavy (non-hydrogen) atoms. The molecule has 1 fully saturated rings. The van der Waals surface area contributed by atoms with E-state index >= 15 is 0 Å². The molecule has 0 bridgehead atoms. The topological polar surface area (TPSA) is 80.0 Å². The molecule has 1 aliphatic rings. The van der Waals surface area contributed by atoms with Gasteiger partial charge < -0.3 is 20.1 Å². The number of carbonyl (C=O) groups is 2. The summed E-state index contributed by atoms with van der Waals surface area (Å²) in [5.74, 6) is 0.0161. The Morgan fingerprint density at radius 1 is 1.26 bits per heavy atom. The molecule has 1 heterocycles. The van der Waals surface area contributed by atoms with Gasteiger partial charge in [-0.05, 0) is 24.8 Å². The van der Waals surface area contributed by atoms with Gasteiger partial charge in [0, 0.05) is 0 Å². The van der Waals surface area contributed by atoms with Crippen LogP contribution in [0.15, 0.2) is 30.3 Å². The van der Waals surface area contributed by atoms with Crippen LogP contribution in [0, 0.1) is 5.92 Å². The molecular weight excluding hydrogens is 296 g/mol. The van der Waals surface area contributed by atoms with E-state index in [1.54, 1.807) is 0 Å². The maximum Gasteiger partial charge on any atom is 0.408 e. The van der Waals surface area contributed by atoms with Gasteiger partial charge in [-0.1, -0.05) is 44.2 Å². The lowest BCUT2D eigenvalue weighted by molar-refractivity contribution is -0.124. The van der Waals surface area contributed by atoms with Crippen LogP contribution in [0.25, 0.3) is 0 Å². The summed E-state index contributed by atoms with van der Waals surface area (Å²) >= 11 is 0. The Hall–Kier alpha value is -2.08. The zero-order valence-corrected chi connectivity index (χ0v) is 13.7. The molecule has 0 radical (unpaired) electrons. The van der Waals surface area contributed by atoms with Gasteiger partial charge in [-0.2, -0.15) is 0 Å². The SMILES string of the molecule is CC(C)CC(NC(=O)OCc1ccccc1)C(=O)NC1OC1C. The minimum Gasteiger partial charge on any atom is -0.445 e. The first-order valence-corrected chi connectivity index (χ1v) is 7.88. The average molecular weight is 320 g/mol. The number of carbonyl (C=O) groups excluding carboxylic acids is 2. The third-order valence-corrected chi connectivity index (χ3v) is 3.52. The highest BCUT2D eigenvalue weighted by Gasteiger charge is 2.37. The van der Waals surface area contributed by atoms with Crippen molar-refractivity contribution in [3.05, 3.63) is 35.9 Å². The first-order valence-electron chi connectivity index (χ1n) is 7.88. The van der Waals surface area contributed by atoms with E-state index in [4.69, 9.17) is 9.47 Å². The van der Waals surface area contributed by atoms with E-state index in [1.165, 1.54) is 0 Å². The highest BCUT2D eigenvalue weighted by molar-refractivity contribution is 5.85. The van der Waals surface area contributed by atoms with Crippen LogP contribution in [-0.2, 0) is 20.9 Å². The molecule has 0 spiro atoms. The standard InChI is InChI=1S/C17H24N2O4/c1-11(2)9-14(15(20)19-16-12(3)23-16)18-17(21)22-10-13-7-5-4-6-8-13/h4-8,11-12,14,16H,9-10H2,1-3H3,(H,18,21)(H,19,20). The highest BCUT2D eigenvalue weighted by Crippen LogP contribution is 2.18. The monoisotopic (exact) mass is 320 g/mol. The lowest BCUT2D eigenvalue weighted by Gasteiger charge is -2.19. The Labute approximate surface area is 136 Å². The summed E-state index contributed by atoms with van der Waals surface area (Å²) in [6, 6.07) is 8.77. The summed E-state index contributed by atoms with van der Waals surface area (Å²) in [6.45, 7) is 6.04. The van der Waals surface area contributed by atoms with E-state index < -0.39 is 12.1 Å². The molecule has 2 rings (SSSR count). The summed E-state index contributed by atoms with van der Waals surface area (Å²) in [7, 11) is 0. The number of hydrogen-bond donors (Lipinski definition) is 2. The fourth-order valence-electron chi connectivity index (χ4n) is 2.19. The Kier molecular flexibility index (Phi) is 5.98. The summed E-state index contributed by atoms with van der Waals surface area (Å²) in [5, 5.41) is 5.39. The van der Waals surface area contributed by atoms with Crippen molar-refractivity contribution in [3.63, 3.8) is 0 Å². The lowest BCUT2D eigenvalue weighted by atomic mass is 10.0. The summed E-state index contributed by atoms with van der Waals surface area (Å²) in [6.07, 6.45) is -0.282. The number of alkyl carbamates (subject to hydrolysis) is 1. The van der Waals surface area contributed by atoms with Gasteiger partial charge in [0.2, 0.25) is 5.91 Å². The fourth-order valence-corrected chi connectivity index (χ4v) is 2.19. The second kappa shape index (κ2) is 7.97. The minimum absolute atomic E-state index is 0.0312. The van der Waals surface area contributed by atoms with Gasteiger partial charge in [0.1, 0.15) is 18.8 Å². The number of epoxide rings is 1. The molecule has 3 unspecified atom stereocenters. The average Bonchev–Trinajstić information content (AvgIpc) is 3.20. The van der Waals surface area contributed by atoms with Crippen LogP contribution in [0.4, 0.5) is 4.79 Å². The van der Waals surface area contributed by atoms with Crippen molar-refractivity contribution in [2.75, 3.05) is 0 Å². The van der Waals surface area contributed by atoms with Crippen LogP contribution in [0.3, 0.4) is 0 Å². The van der Waals surface area contributed by atoms with Crippen molar-refractivity contribution in [1.82, 2.24) is 10.6 Å². The Morgan fingerprint density at radius 3 is 2.48 bits per heavy atom. The smallest absolute Gasteiger partial charge is 0.408 e. The van der Waals surface area contributed by atoms with Gasteiger partial charge in [-0.15, -0.1) is 0 Å². The van der Waals surface area contributed by atoms with Crippen LogP contribution in [0.1, 0.15) is 32.8 Å². The molecule has 6 heteroatoms. The zero-order valence-electron chi connectivity index (χ0n) is 13.7. The van der Waals surface area contributed by atoms with Crippen molar-refractivity contribution >= 4 is 12.0 Å². The van der Waals surface area contributed by atoms with E-state index in [1.807, 2.05) is 51.1 Å². The Morgan fingerprint density at radius 2 is 1.91 bits per heavy atom. The van der Waals surface area contributed by atoms with Crippen molar-refractivity contribution in [2.24, 2.45) is 5.92 Å². The first kappa shape index (κ1) is 17.3. The van der Waals surface area contributed by atoms with E-state index in [2.05, 4.69) is 10.6 Å². The van der Waals surface area contributed by atoms with Crippen LogP contribution in [0.5, 0.6) is 0 Å². The van der Waals surface area contributed by atoms with Gasteiger partial charge in [-0.3, -0.25) is 4.79 Å². The Bertz CT molecular complexity index is 533. The van der Waals surface area contributed by atoms with Gasteiger partial charge >= 0.3 is 6.09 Å². The summed E-state index contributed by atoms with van der Waals surface area (Å²) in [4.78, 5) is 24.2. The quantitative estimate of drug-likeness (QED) is 0.755. The van der Waals surface area contributed by atoms with Gasteiger partial charge in [0.05, 0.1) is 0 Å². The summed E-state index contributed by atoms with van der Waals surface area (Å²) in [5.41, 5.74) is 0.896. The molecule has 0 aliphatic carbocycles. The number of rotatable bonds is 7. The Balaban J connectivity index is 1.83. The first-order chi connectivity index (χ1) is 11.0. The van der Waals surface area contributed by atoms with Gasteiger partial charge in [0.15, 0.2) is 6.23 Å². The molecule has 6 nitrogen and oxygen atoms in total. The van der Waals surface area contributed by atoms with E-state index in [0.29, 0.717) is 6.42 Å². The summed E-state index contributed by atoms with van der Waals surface area (Å²) < 4.78 is 10.3. The molecule has 3 atom stereocenters.